The van der Waals surface area contributed by atoms with Gasteiger partial charge in [-0.1, -0.05) is 11.8 Å². The number of nitrogens with one attached hydrogen (secondary N) is 2. The molecule has 0 atom stereocenters. The van der Waals surface area contributed by atoms with Crippen LogP contribution in [0.4, 0.5) is 0 Å². The number of aromatic nitrogens is 5. The minimum atomic E-state index is 0.195. The number of hydrogen-bond acceptors (Lipinski definition) is 4. The van der Waals surface area contributed by atoms with E-state index in [2.05, 4.69) is 49.7 Å². The van der Waals surface area contributed by atoms with Crippen LogP contribution in [0.5, 0.6) is 0 Å². The van der Waals surface area contributed by atoms with Crippen LogP contribution in [0.3, 0.4) is 0 Å². The van der Waals surface area contributed by atoms with E-state index < -0.39 is 0 Å². The van der Waals surface area contributed by atoms with Crippen LogP contribution in [-0.2, 0) is 6.54 Å². The van der Waals surface area contributed by atoms with E-state index in [9.17, 15) is 0 Å². The molecule has 0 saturated heterocycles. The van der Waals surface area contributed by atoms with Crippen molar-refractivity contribution < 1.29 is 0 Å². The number of fused-ring (bicyclic) bond motifs is 1. The molecule has 4 aromatic rings. The van der Waals surface area contributed by atoms with Crippen molar-refractivity contribution in [3.8, 4) is 18.0 Å². The first-order chi connectivity index (χ1) is 13.2. The molecule has 1 aromatic carbocycles. The Hall–Kier alpha value is -3.24. The Morgan fingerprint density at radius 1 is 1.19 bits per heavy atom. The molecule has 0 fully saturated rings. The van der Waals surface area contributed by atoms with Crippen LogP contribution in [0.25, 0.3) is 16.9 Å². The van der Waals surface area contributed by atoms with Gasteiger partial charge in [0.1, 0.15) is 5.52 Å². The van der Waals surface area contributed by atoms with Gasteiger partial charge < -0.3 is 14.1 Å². The minimum absolute atomic E-state index is 0.195. The standard InChI is InChI=1S/C20H18N6S/c1-2-3-4-13-26-14-22-18(21)17-19(26)24-20(23-17)27-16-9-7-15(8-10-16)25-11-5-6-12-25/h1,5-12,14,21H,3-4,13H2,(H,23,24). The highest BCUT2D eigenvalue weighted by molar-refractivity contribution is 7.99. The summed E-state index contributed by atoms with van der Waals surface area (Å²) in [5.41, 5.74) is 2.68. The molecule has 0 radical (unpaired) electrons. The lowest BCUT2D eigenvalue weighted by molar-refractivity contribution is 0.653. The van der Waals surface area contributed by atoms with Crippen molar-refractivity contribution in [3.05, 3.63) is 60.6 Å². The highest BCUT2D eigenvalue weighted by Crippen LogP contribution is 2.27. The molecule has 0 aliphatic carbocycles. The van der Waals surface area contributed by atoms with E-state index in [1.807, 2.05) is 29.1 Å². The number of H-pyrrole nitrogens is 1. The minimum Gasteiger partial charge on any atom is -0.328 e. The molecule has 0 aliphatic heterocycles. The smallest absolute Gasteiger partial charge is 0.173 e. The van der Waals surface area contributed by atoms with Crippen molar-refractivity contribution >= 4 is 22.9 Å². The van der Waals surface area contributed by atoms with Gasteiger partial charge in [0.15, 0.2) is 16.3 Å². The summed E-state index contributed by atoms with van der Waals surface area (Å²) in [5.74, 6) is 2.65. The lowest BCUT2D eigenvalue weighted by Gasteiger charge is -2.04. The third kappa shape index (κ3) is 3.66. The maximum absolute atomic E-state index is 8.03. The van der Waals surface area contributed by atoms with Crippen LogP contribution >= 0.6 is 11.8 Å². The van der Waals surface area contributed by atoms with Crippen molar-refractivity contribution in [2.45, 2.75) is 29.4 Å². The highest BCUT2D eigenvalue weighted by atomic mass is 32.2. The summed E-state index contributed by atoms with van der Waals surface area (Å²) in [6.45, 7) is 0.731. The molecule has 27 heavy (non-hydrogen) atoms. The van der Waals surface area contributed by atoms with Gasteiger partial charge in [-0.3, -0.25) is 5.41 Å². The van der Waals surface area contributed by atoms with Gasteiger partial charge >= 0.3 is 0 Å². The molecule has 0 saturated carbocycles. The first kappa shape index (κ1) is 17.2. The quantitative estimate of drug-likeness (QED) is 0.400. The Labute approximate surface area is 160 Å². The predicted octanol–water partition coefficient (Wildman–Crippen LogP) is 3.59. The lowest BCUT2D eigenvalue weighted by atomic mass is 10.3. The Morgan fingerprint density at radius 2 is 1.96 bits per heavy atom. The van der Waals surface area contributed by atoms with Crippen molar-refractivity contribution in [2.75, 3.05) is 0 Å². The number of terminal acetylenes is 1. The molecule has 2 N–H and O–H groups in total. The molecule has 3 heterocycles. The largest absolute Gasteiger partial charge is 0.328 e. The molecule has 3 aromatic heterocycles. The molecule has 0 aliphatic rings. The van der Waals surface area contributed by atoms with Crippen LogP contribution in [-0.4, -0.2) is 24.1 Å². The number of rotatable bonds is 6. The maximum atomic E-state index is 8.03. The molecule has 4 rings (SSSR count). The number of hydrogen-bond donors (Lipinski definition) is 2. The monoisotopic (exact) mass is 374 g/mol. The van der Waals surface area contributed by atoms with E-state index in [0.717, 1.165) is 34.4 Å². The molecule has 7 heteroatoms. The number of nitrogens with zero attached hydrogens (tertiary/aromatic N) is 4. The predicted molar refractivity (Wildman–Crippen MR) is 106 cm³/mol. The fraction of sp³-hybridized carbons (Fsp3) is 0.150. The third-order valence-electron chi connectivity index (χ3n) is 4.17. The topological polar surface area (TPSA) is 75.3 Å². The zero-order valence-corrected chi connectivity index (χ0v) is 15.4. The van der Waals surface area contributed by atoms with Gasteiger partial charge in [0.2, 0.25) is 0 Å². The number of aromatic amines is 1. The Kier molecular flexibility index (Phi) is 4.81. The van der Waals surface area contributed by atoms with E-state index in [1.54, 1.807) is 6.33 Å². The molecular formula is C20H18N6S. The summed E-state index contributed by atoms with van der Waals surface area (Å²) in [7, 11) is 0. The second kappa shape index (κ2) is 7.56. The first-order valence-electron chi connectivity index (χ1n) is 8.59. The number of imidazole rings is 1. The molecule has 0 bridgehead atoms. The number of benzene rings is 1. The third-order valence-corrected chi connectivity index (χ3v) is 5.07. The lowest BCUT2D eigenvalue weighted by Crippen LogP contribution is -2.12. The van der Waals surface area contributed by atoms with Gasteiger partial charge in [-0.05, 0) is 42.8 Å². The fourth-order valence-corrected chi connectivity index (χ4v) is 3.61. The molecule has 6 nitrogen and oxygen atoms in total. The summed E-state index contributed by atoms with van der Waals surface area (Å²) in [4.78, 5) is 13.1. The first-order valence-corrected chi connectivity index (χ1v) is 9.41. The van der Waals surface area contributed by atoms with Gasteiger partial charge in [-0.2, -0.15) is 0 Å². The summed E-state index contributed by atoms with van der Waals surface area (Å²) in [5, 5.41) is 8.78. The molecule has 0 spiro atoms. The summed E-state index contributed by atoms with van der Waals surface area (Å²) in [6, 6.07) is 12.3. The summed E-state index contributed by atoms with van der Waals surface area (Å²) in [6.07, 6.45) is 12.6. The van der Waals surface area contributed by atoms with Gasteiger partial charge in [0, 0.05) is 35.9 Å². The van der Waals surface area contributed by atoms with Gasteiger partial charge in [-0.15, -0.1) is 12.3 Å². The van der Waals surface area contributed by atoms with Crippen LogP contribution in [0.2, 0.25) is 0 Å². The second-order valence-electron chi connectivity index (χ2n) is 6.02. The van der Waals surface area contributed by atoms with Crippen molar-refractivity contribution in [1.82, 2.24) is 24.1 Å². The van der Waals surface area contributed by atoms with E-state index in [0.29, 0.717) is 11.9 Å². The van der Waals surface area contributed by atoms with Gasteiger partial charge in [0.05, 0.1) is 6.33 Å². The van der Waals surface area contributed by atoms with E-state index >= 15 is 0 Å². The Morgan fingerprint density at radius 3 is 2.70 bits per heavy atom. The van der Waals surface area contributed by atoms with Crippen molar-refractivity contribution in [2.24, 2.45) is 0 Å². The SMILES string of the molecule is C#CCCCn1cnc(=N)c2[nH]c(Sc3ccc(-n4cccc4)cc3)nc21. The van der Waals surface area contributed by atoms with Gasteiger partial charge in [0.25, 0.3) is 0 Å². The Balaban J connectivity index is 1.59. The van der Waals surface area contributed by atoms with Crippen LogP contribution in [0.15, 0.2) is 65.2 Å². The summed E-state index contributed by atoms with van der Waals surface area (Å²) >= 11 is 1.53. The zero-order chi connectivity index (χ0) is 18.6. The van der Waals surface area contributed by atoms with E-state index in [1.165, 1.54) is 11.8 Å². The molecule has 134 valence electrons. The van der Waals surface area contributed by atoms with Crippen molar-refractivity contribution in [1.29, 1.82) is 5.41 Å². The average molecular weight is 374 g/mol. The zero-order valence-electron chi connectivity index (χ0n) is 14.6. The normalized spacial score (nSPS) is 10.9. The van der Waals surface area contributed by atoms with Crippen LogP contribution < -0.4 is 5.49 Å². The molecule has 0 amide bonds. The number of unbranched alkanes of at least 4 members (excludes halogenated alkanes) is 1. The maximum Gasteiger partial charge on any atom is 0.173 e. The molecular weight excluding hydrogens is 356 g/mol. The van der Waals surface area contributed by atoms with E-state index in [4.69, 9.17) is 11.8 Å². The Bertz CT molecular complexity index is 1150. The van der Waals surface area contributed by atoms with Crippen LogP contribution in [0, 0.1) is 17.8 Å². The highest BCUT2D eigenvalue weighted by Gasteiger charge is 2.10. The average Bonchev–Trinajstić information content (AvgIpc) is 3.35. The number of aryl methyl sites for hydroxylation is 1. The second-order valence-corrected chi connectivity index (χ2v) is 7.08. The van der Waals surface area contributed by atoms with Gasteiger partial charge in [-0.25, -0.2) is 9.97 Å². The van der Waals surface area contributed by atoms with E-state index in [-0.39, 0.29) is 5.49 Å². The molecule has 0 unspecified atom stereocenters. The van der Waals surface area contributed by atoms with Crippen molar-refractivity contribution in [3.63, 3.8) is 0 Å². The fourth-order valence-electron chi connectivity index (χ4n) is 2.83. The van der Waals surface area contributed by atoms with Crippen LogP contribution in [0.1, 0.15) is 12.8 Å². The summed E-state index contributed by atoms with van der Waals surface area (Å²) < 4.78 is 4.01.